The number of amides is 2. The fourth-order valence-corrected chi connectivity index (χ4v) is 2.89. The Morgan fingerprint density at radius 3 is 2.36 bits per heavy atom. The molecule has 1 aliphatic heterocycles. The molecule has 0 aliphatic carbocycles. The summed E-state index contributed by atoms with van der Waals surface area (Å²) < 4.78 is 0. The summed E-state index contributed by atoms with van der Waals surface area (Å²) in [5, 5.41) is 9.18. The number of likely N-dealkylation sites (N-methyl/N-ethyl adjacent to an activating group) is 1. The van der Waals surface area contributed by atoms with Gasteiger partial charge in [0.25, 0.3) is 0 Å². The molecule has 0 unspecified atom stereocenters. The molecule has 2 amide bonds. The molecular formula is C16H23N3O3. The molecule has 2 rings (SSSR count). The van der Waals surface area contributed by atoms with Gasteiger partial charge in [0.05, 0.1) is 0 Å². The van der Waals surface area contributed by atoms with Crippen molar-refractivity contribution in [2.75, 3.05) is 33.7 Å². The van der Waals surface area contributed by atoms with Gasteiger partial charge in [-0.15, -0.1) is 0 Å². The predicted molar refractivity (Wildman–Crippen MR) is 83.6 cm³/mol. The van der Waals surface area contributed by atoms with Crippen molar-refractivity contribution in [3.05, 3.63) is 35.9 Å². The molecule has 1 fully saturated rings. The second-order valence-corrected chi connectivity index (χ2v) is 5.87. The van der Waals surface area contributed by atoms with Crippen LogP contribution in [0.1, 0.15) is 18.5 Å². The minimum atomic E-state index is -0.901. The van der Waals surface area contributed by atoms with Gasteiger partial charge in [0.2, 0.25) is 5.91 Å². The lowest BCUT2D eigenvalue weighted by atomic mass is 10.0. The van der Waals surface area contributed by atoms with Gasteiger partial charge < -0.3 is 14.9 Å². The van der Waals surface area contributed by atoms with Crippen molar-refractivity contribution in [3.8, 4) is 0 Å². The smallest absolute Gasteiger partial charge is 0.407 e. The minimum absolute atomic E-state index is 0.0159. The van der Waals surface area contributed by atoms with E-state index in [0.29, 0.717) is 19.6 Å². The molecule has 1 aromatic rings. The van der Waals surface area contributed by atoms with E-state index in [4.69, 9.17) is 0 Å². The zero-order chi connectivity index (χ0) is 16.3. The average molecular weight is 305 g/mol. The Kier molecular flexibility index (Phi) is 5.03. The van der Waals surface area contributed by atoms with E-state index in [0.717, 1.165) is 5.56 Å². The van der Waals surface area contributed by atoms with E-state index in [2.05, 4.69) is 4.90 Å². The minimum Gasteiger partial charge on any atom is -0.465 e. The van der Waals surface area contributed by atoms with Crippen molar-refractivity contribution in [2.24, 2.45) is 0 Å². The van der Waals surface area contributed by atoms with Gasteiger partial charge in [-0.1, -0.05) is 30.3 Å². The summed E-state index contributed by atoms with van der Waals surface area (Å²) in [6, 6.07) is 9.15. The first-order chi connectivity index (χ1) is 10.4. The third-order valence-corrected chi connectivity index (χ3v) is 4.06. The van der Waals surface area contributed by atoms with E-state index in [-0.39, 0.29) is 18.0 Å². The second kappa shape index (κ2) is 6.79. The van der Waals surface area contributed by atoms with E-state index in [1.807, 2.05) is 37.3 Å². The van der Waals surface area contributed by atoms with Gasteiger partial charge in [0, 0.05) is 39.8 Å². The molecule has 0 saturated carbocycles. The molecule has 6 heteroatoms. The number of piperazine rings is 1. The van der Waals surface area contributed by atoms with Crippen molar-refractivity contribution in [1.29, 1.82) is 0 Å². The van der Waals surface area contributed by atoms with E-state index in [1.54, 1.807) is 19.0 Å². The van der Waals surface area contributed by atoms with Gasteiger partial charge in [-0.25, -0.2) is 4.79 Å². The van der Waals surface area contributed by atoms with Crippen LogP contribution >= 0.6 is 0 Å². The zero-order valence-corrected chi connectivity index (χ0v) is 13.3. The van der Waals surface area contributed by atoms with Crippen molar-refractivity contribution >= 4 is 12.0 Å². The number of benzene rings is 1. The molecule has 0 radical (unpaired) electrons. The summed E-state index contributed by atoms with van der Waals surface area (Å²) in [6.07, 6.45) is -0.901. The molecule has 1 aromatic carbocycles. The third-order valence-electron chi connectivity index (χ3n) is 4.06. The van der Waals surface area contributed by atoms with Crippen LogP contribution in [0.25, 0.3) is 0 Å². The molecule has 6 nitrogen and oxygen atoms in total. The number of hydrogen-bond donors (Lipinski definition) is 1. The largest absolute Gasteiger partial charge is 0.465 e. The van der Waals surface area contributed by atoms with Gasteiger partial charge in [-0.05, 0) is 12.5 Å². The molecule has 1 aliphatic rings. The summed E-state index contributed by atoms with van der Waals surface area (Å²) in [4.78, 5) is 28.9. The Labute approximate surface area is 130 Å². The van der Waals surface area contributed by atoms with Crippen molar-refractivity contribution < 1.29 is 14.7 Å². The third kappa shape index (κ3) is 3.39. The molecule has 1 saturated heterocycles. The van der Waals surface area contributed by atoms with Crippen LogP contribution in [-0.4, -0.2) is 71.6 Å². The topological polar surface area (TPSA) is 64.1 Å². The highest BCUT2D eigenvalue weighted by Crippen LogP contribution is 2.25. The first kappa shape index (κ1) is 16.3. The number of carbonyl (C=O) groups is 2. The SMILES string of the molecule is C[C@@H]1CN([C@@H](C(=O)N(C)C)c2ccccc2)CCN1C(=O)O. The highest BCUT2D eigenvalue weighted by molar-refractivity contribution is 5.83. The van der Waals surface area contributed by atoms with Gasteiger partial charge in [-0.3, -0.25) is 9.69 Å². The molecule has 0 aromatic heterocycles. The Bertz CT molecular complexity index is 533. The van der Waals surface area contributed by atoms with Gasteiger partial charge >= 0.3 is 6.09 Å². The maximum Gasteiger partial charge on any atom is 0.407 e. The van der Waals surface area contributed by atoms with E-state index < -0.39 is 6.09 Å². The lowest BCUT2D eigenvalue weighted by Crippen LogP contribution is -2.56. The summed E-state index contributed by atoms with van der Waals surface area (Å²) >= 11 is 0. The predicted octanol–water partition coefficient (Wildman–Crippen LogP) is 1.50. The van der Waals surface area contributed by atoms with Crippen molar-refractivity contribution in [1.82, 2.24) is 14.7 Å². The number of carboxylic acid groups (broad SMARTS) is 1. The summed E-state index contributed by atoms with van der Waals surface area (Å²) in [7, 11) is 3.49. The highest BCUT2D eigenvalue weighted by atomic mass is 16.4. The Balaban J connectivity index is 2.24. The first-order valence-electron chi connectivity index (χ1n) is 7.41. The fraction of sp³-hybridized carbons (Fsp3) is 0.500. The Hall–Kier alpha value is -2.08. The van der Waals surface area contributed by atoms with Crippen LogP contribution in [0.3, 0.4) is 0 Å². The van der Waals surface area contributed by atoms with E-state index in [1.165, 1.54) is 4.90 Å². The van der Waals surface area contributed by atoms with Crippen molar-refractivity contribution in [2.45, 2.75) is 19.0 Å². The van der Waals surface area contributed by atoms with Crippen LogP contribution in [0.4, 0.5) is 4.79 Å². The van der Waals surface area contributed by atoms with Gasteiger partial charge in [-0.2, -0.15) is 0 Å². The highest BCUT2D eigenvalue weighted by Gasteiger charge is 2.35. The standard InChI is InChI=1S/C16H23N3O3/c1-12-11-18(9-10-19(12)16(21)22)14(15(20)17(2)3)13-7-5-4-6-8-13/h4-8,12,14H,9-11H2,1-3H3,(H,21,22)/t12-,14-/m1/s1. The molecule has 22 heavy (non-hydrogen) atoms. The zero-order valence-electron chi connectivity index (χ0n) is 13.3. The molecule has 1 N–H and O–H groups in total. The van der Waals surface area contributed by atoms with Gasteiger partial charge in [0.1, 0.15) is 6.04 Å². The molecule has 2 atom stereocenters. The molecule has 0 bridgehead atoms. The number of nitrogens with zero attached hydrogens (tertiary/aromatic N) is 3. The van der Waals surface area contributed by atoms with Crippen LogP contribution < -0.4 is 0 Å². The van der Waals surface area contributed by atoms with Crippen LogP contribution in [0.5, 0.6) is 0 Å². The molecule has 120 valence electrons. The van der Waals surface area contributed by atoms with Crippen LogP contribution in [0, 0.1) is 0 Å². The maximum absolute atomic E-state index is 12.6. The summed E-state index contributed by atoms with van der Waals surface area (Å²) in [6.45, 7) is 3.39. The lowest BCUT2D eigenvalue weighted by molar-refractivity contribution is -0.135. The summed E-state index contributed by atoms with van der Waals surface area (Å²) in [5.74, 6) is 0.0159. The Morgan fingerprint density at radius 1 is 1.23 bits per heavy atom. The molecular weight excluding hydrogens is 282 g/mol. The average Bonchev–Trinajstić information content (AvgIpc) is 2.48. The first-order valence-corrected chi connectivity index (χ1v) is 7.41. The number of hydrogen-bond acceptors (Lipinski definition) is 3. The van der Waals surface area contributed by atoms with Crippen molar-refractivity contribution in [3.63, 3.8) is 0 Å². The van der Waals surface area contributed by atoms with E-state index >= 15 is 0 Å². The lowest BCUT2D eigenvalue weighted by Gasteiger charge is -2.42. The normalized spacial score (nSPS) is 20.5. The summed E-state index contributed by atoms with van der Waals surface area (Å²) in [5.41, 5.74) is 0.942. The second-order valence-electron chi connectivity index (χ2n) is 5.87. The van der Waals surface area contributed by atoms with Crippen LogP contribution in [0.2, 0.25) is 0 Å². The Morgan fingerprint density at radius 2 is 1.86 bits per heavy atom. The monoisotopic (exact) mass is 305 g/mol. The number of rotatable bonds is 3. The fourth-order valence-electron chi connectivity index (χ4n) is 2.89. The molecule has 1 heterocycles. The number of carbonyl (C=O) groups excluding carboxylic acids is 1. The van der Waals surface area contributed by atoms with E-state index in [9.17, 15) is 14.7 Å². The van der Waals surface area contributed by atoms with Gasteiger partial charge in [0.15, 0.2) is 0 Å². The van der Waals surface area contributed by atoms with Crippen LogP contribution in [0.15, 0.2) is 30.3 Å². The maximum atomic E-state index is 12.6. The quantitative estimate of drug-likeness (QED) is 0.919. The van der Waals surface area contributed by atoms with Crippen LogP contribution in [-0.2, 0) is 4.79 Å². The molecule has 0 spiro atoms.